The third-order valence-electron chi connectivity index (χ3n) is 2.48. The number of nitrogens with one attached hydrogen (secondary N) is 2. The van der Waals surface area contributed by atoms with Crippen LogP contribution in [0.2, 0.25) is 0 Å². The van der Waals surface area contributed by atoms with Crippen molar-refractivity contribution >= 4 is 11.9 Å². The number of likely N-dealkylation sites (N-methyl/N-ethyl adjacent to an activating group) is 1. The molecule has 1 aliphatic rings. The van der Waals surface area contributed by atoms with E-state index < -0.39 is 0 Å². The van der Waals surface area contributed by atoms with Gasteiger partial charge in [-0.25, -0.2) is 10.8 Å². The number of amides is 1. The largest absolute Gasteiger partial charge is 0.353 e. The molecule has 0 aromatic heterocycles. The van der Waals surface area contributed by atoms with E-state index in [2.05, 4.69) is 15.7 Å². The highest BCUT2D eigenvalue weighted by atomic mass is 16.2. The lowest BCUT2D eigenvalue weighted by Gasteiger charge is -2.28. The van der Waals surface area contributed by atoms with Crippen LogP contribution in [0, 0.1) is 0 Å². The van der Waals surface area contributed by atoms with Crippen molar-refractivity contribution in [1.29, 1.82) is 0 Å². The summed E-state index contributed by atoms with van der Waals surface area (Å²) in [5, 5.41) is 3.11. The first-order chi connectivity index (χ1) is 7.52. The number of nitrogens with zero attached hydrogens (tertiary/aromatic N) is 2. The monoisotopic (exact) mass is 227 g/mol. The molecule has 16 heavy (non-hydrogen) atoms. The van der Waals surface area contributed by atoms with Crippen LogP contribution in [0.3, 0.4) is 0 Å². The van der Waals surface area contributed by atoms with Crippen molar-refractivity contribution in [1.82, 2.24) is 15.6 Å². The van der Waals surface area contributed by atoms with Crippen LogP contribution in [-0.4, -0.2) is 42.4 Å². The molecule has 6 nitrogen and oxygen atoms in total. The Morgan fingerprint density at radius 2 is 2.31 bits per heavy atom. The summed E-state index contributed by atoms with van der Waals surface area (Å²) in [7, 11) is 1.80. The Balaban J connectivity index is 2.56. The molecule has 1 unspecified atom stereocenters. The van der Waals surface area contributed by atoms with Gasteiger partial charge in [-0.2, -0.15) is 0 Å². The molecule has 1 saturated heterocycles. The Morgan fingerprint density at radius 1 is 1.62 bits per heavy atom. The van der Waals surface area contributed by atoms with Crippen molar-refractivity contribution in [2.24, 2.45) is 10.8 Å². The highest BCUT2D eigenvalue weighted by Crippen LogP contribution is 2.12. The predicted octanol–water partition coefficient (Wildman–Crippen LogP) is -0.575. The lowest BCUT2D eigenvalue weighted by Crippen LogP contribution is -2.47. The summed E-state index contributed by atoms with van der Waals surface area (Å²) in [6.07, 6.45) is 1.35. The number of carbonyl (C=O) groups excluding carboxylic acids is 1. The van der Waals surface area contributed by atoms with Crippen molar-refractivity contribution in [2.75, 3.05) is 13.6 Å². The molecule has 0 aromatic carbocycles. The van der Waals surface area contributed by atoms with Crippen LogP contribution in [0.4, 0.5) is 0 Å². The van der Waals surface area contributed by atoms with Gasteiger partial charge in [0.25, 0.3) is 0 Å². The second-order valence-electron chi connectivity index (χ2n) is 4.39. The van der Waals surface area contributed by atoms with Crippen LogP contribution in [0.5, 0.6) is 0 Å². The van der Waals surface area contributed by atoms with E-state index in [1.54, 1.807) is 11.9 Å². The molecule has 4 N–H and O–H groups in total. The molecule has 1 aliphatic heterocycles. The summed E-state index contributed by atoms with van der Waals surface area (Å²) in [6, 6.07) is 0.401. The number of carbonyl (C=O) groups is 1. The van der Waals surface area contributed by atoms with Crippen molar-refractivity contribution in [3.8, 4) is 0 Å². The summed E-state index contributed by atoms with van der Waals surface area (Å²) < 4.78 is 0. The van der Waals surface area contributed by atoms with Gasteiger partial charge in [-0.1, -0.05) is 0 Å². The second kappa shape index (κ2) is 5.69. The van der Waals surface area contributed by atoms with Crippen LogP contribution in [0.25, 0.3) is 0 Å². The molecular weight excluding hydrogens is 206 g/mol. The van der Waals surface area contributed by atoms with Crippen LogP contribution in [0.15, 0.2) is 4.99 Å². The number of nitrogens with two attached hydrogens (primary N) is 1. The number of rotatable bonds is 2. The topological polar surface area (TPSA) is 82.8 Å². The summed E-state index contributed by atoms with van der Waals surface area (Å²) in [4.78, 5) is 17.5. The van der Waals surface area contributed by atoms with E-state index in [1.165, 1.54) is 0 Å². The molecule has 1 heterocycles. The quantitative estimate of drug-likeness (QED) is 0.255. The Hall–Kier alpha value is -1.30. The molecular formula is C10H21N5O. The maximum Gasteiger partial charge on any atom is 0.222 e. The van der Waals surface area contributed by atoms with Crippen LogP contribution >= 0.6 is 0 Å². The lowest BCUT2D eigenvalue weighted by atomic mass is 10.1. The van der Waals surface area contributed by atoms with E-state index >= 15 is 0 Å². The van der Waals surface area contributed by atoms with Crippen LogP contribution < -0.4 is 16.6 Å². The summed E-state index contributed by atoms with van der Waals surface area (Å²) in [5.74, 6) is 6.15. The van der Waals surface area contributed by atoms with Gasteiger partial charge >= 0.3 is 0 Å². The molecule has 1 fully saturated rings. The van der Waals surface area contributed by atoms with Crippen LogP contribution in [0.1, 0.15) is 26.7 Å². The fourth-order valence-corrected chi connectivity index (χ4v) is 1.67. The van der Waals surface area contributed by atoms with Gasteiger partial charge in [0, 0.05) is 26.1 Å². The Morgan fingerprint density at radius 3 is 2.81 bits per heavy atom. The summed E-state index contributed by atoms with van der Waals surface area (Å²) in [5.41, 5.74) is 2.54. The molecule has 0 radical (unpaired) electrons. The van der Waals surface area contributed by atoms with Gasteiger partial charge in [0.15, 0.2) is 0 Å². The average Bonchev–Trinajstić information content (AvgIpc) is 2.22. The fraction of sp³-hybridized carbons (Fsp3) is 0.800. The number of guanidine groups is 1. The molecule has 1 atom stereocenters. The summed E-state index contributed by atoms with van der Waals surface area (Å²) in [6.45, 7) is 4.69. The fourth-order valence-electron chi connectivity index (χ4n) is 1.67. The first kappa shape index (κ1) is 12.8. The van der Waals surface area contributed by atoms with E-state index in [4.69, 9.17) is 5.84 Å². The zero-order valence-electron chi connectivity index (χ0n) is 10.2. The zero-order chi connectivity index (χ0) is 12.1. The maximum atomic E-state index is 11.3. The molecule has 1 amide bonds. The van der Waals surface area contributed by atoms with Crippen molar-refractivity contribution in [3.63, 3.8) is 0 Å². The molecule has 6 heteroatoms. The molecule has 1 rings (SSSR count). The number of aliphatic imine (C=N–C) groups is 1. The Bertz CT molecular complexity index is 276. The predicted molar refractivity (Wildman–Crippen MR) is 63.7 cm³/mol. The standard InChI is InChI=1S/C10H21N5O/c1-7(2)12-10(14-11)13-8-4-5-9(16)15(3)6-8/h7-8H,4-6,11H2,1-3H3,(H2,12,13,14). The second-order valence-corrected chi connectivity index (χ2v) is 4.39. The normalized spacial score (nSPS) is 22.6. The first-order valence-electron chi connectivity index (χ1n) is 5.58. The van der Waals surface area contributed by atoms with E-state index in [1.807, 2.05) is 13.8 Å². The van der Waals surface area contributed by atoms with Gasteiger partial charge in [-0.05, 0) is 20.3 Å². The van der Waals surface area contributed by atoms with E-state index in [0.29, 0.717) is 18.9 Å². The van der Waals surface area contributed by atoms with E-state index in [-0.39, 0.29) is 18.0 Å². The zero-order valence-corrected chi connectivity index (χ0v) is 10.2. The van der Waals surface area contributed by atoms with Gasteiger partial charge in [0.1, 0.15) is 0 Å². The van der Waals surface area contributed by atoms with E-state index in [9.17, 15) is 4.79 Å². The number of likely N-dealkylation sites (tertiary alicyclic amines) is 1. The number of piperidine rings is 1. The van der Waals surface area contributed by atoms with Crippen molar-refractivity contribution in [3.05, 3.63) is 0 Å². The number of hydrogen-bond donors (Lipinski definition) is 3. The number of hydrazine groups is 1. The highest BCUT2D eigenvalue weighted by Gasteiger charge is 2.22. The minimum Gasteiger partial charge on any atom is -0.353 e. The van der Waals surface area contributed by atoms with E-state index in [0.717, 1.165) is 6.42 Å². The summed E-state index contributed by atoms with van der Waals surface area (Å²) >= 11 is 0. The molecule has 0 aliphatic carbocycles. The molecule has 0 spiro atoms. The third-order valence-corrected chi connectivity index (χ3v) is 2.48. The minimum atomic E-state index is 0.125. The maximum absolute atomic E-state index is 11.3. The Labute approximate surface area is 96.2 Å². The van der Waals surface area contributed by atoms with Gasteiger partial charge in [0.05, 0.1) is 6.04 Å². The molecule has 0 bridgehead atoms. The van der Waals surface area contributed by atoms with Crippen molar-refractivity contribution in [2.45, 2.75) is 38.8 Å². The highest BCUT2D eigenvalue weighted by molar-refractivity contribution is 5.80. The molecule has 0 aromatic rings. The average molecular weight is 227 g/mol. The van der Waals surface area contributed by atoms with Gasteiger partial charge < -0.3 is 10.2 Å². The van der Waals surface area contributed by atoms with Gasteiger partial charge in [-0.3, -0.25) is 10.2 Å². The van der Waals surface area contributed by atoms with Crippen molar-refractivity contribution < 1.29 is 4.79 Å². The minimum absolute atomic E-state index is 0.125. The lowest BCUT2D eigenvalue weighted by molar-refractivity contribution is -0.132. The third kappa shape index (κ3) is 3.69. The Kier molecular flexibility index (Phi) is 4.54. The molecule has 0 saturated carbocycles. The molecule has 92 valence electrons. The first-order valence-corrected chi connectivity index (χ1v) is 5.58. The number of hydrogen-bond acceptors (Lipinski definition) is 3. The van der Waals surface area contributed by atoms with Gasteiger partial charge in [-0.15, -0.1) is 0 Å². The van der Waals surface area contributed by atoms with Crippen LogP contribution in [-0.2, 0) is 4.79 Å². The SMILES string of the molecule is CC(C)NC(=NC1CCC(=O)N(C)C1)NN. The smallest absolute Gasteiger partial charge is 0.222 e. The van der Waals surface area contributed by atoms with Gasteiger partial charge in [0.2, 0.25) is 11.9 Å².